The van der Waals surface area contributed by atoms with Crippen LogP contribution in [0.2, 0.25) is 0 Å². The van der Waals surface area contributed by atoms with Crippen molar-refractivity contribution in [2.75, 3.05) is 6.61 Å². The van der Waals surface area contributed by atoms with Gasteiger partial charge in [-0.25, -0.2) is 4.79 Å². The highest BCUT2D eigenvalue weighted by Crippen LogP contribution is 2.15. The van der Waals surface area contributed by atoms with Gasteiger partial charge < -0.3 is 4.74 Å². The fraction of sp³-hybridized carbons (Fsp3) is 0.765. The molecule has 0 saturated carbocycles. The van der Waals surface area contributed by atoms with Crippen LogP contribution in [0.5, 0.6) is 0 Å². The predicted octanol–water partition coefficient (Wildman–Crippen LogP) is 4.78. The molecule has 0 amide bonds. The number of hydrogen-bond donors (Lipinski definition) is 0. The number of allylic oxidation sites excluding steroid dienone is 1. The van der Waals surface area contributed by atoms with E-state index >= 15 is 0 Å². The van der Waals surface area contributed by atoms with Crippen LogP contribution in [-0.4, -0.2) is 12.6 Å². The largest absolute Gasteiger partial charge is 0.462 e. The van der Waals surface area contributed by atoms with E-state index in [0.29, 0.717) is 6.61 Å². The predicted molar refractivity (Wildman–Crippen MR) is 82.1 cm³/mol. The minimum absolute atomic E-state index is 0.141. The van der Waals surface area contributed by atoms with Crippen molar-refractivity contribution in [1.29, 1.82) is 5.26 Å². The number of esters is 1. The standard InChI is InChI=1S/C17H29NO2/c1-4-6-7-8-9-10-11-12-15(3)13-16(14-18)17(19)20-5-2/h13,15H,4-12H2,1-3H3/b16-13-. The fourth-order valence-electron chi connectivity index (χ4n) is 2.15. The summed E-state index contributed by atoms with van der Waals surface area (Å²) in [5.74, 6) is -0.244. The Morgan fingerprint density at radius 2 is 1.75 bits per heavy atom. The molecular weight excluding hydrogens is 250 g/mol. The van der Waals surface area contributed by atoms with Crippen molar-refractivity contribution in [2.24, 2.45) is 5.92 Å². The van der Waals surface area contributed by atoms with E-state index < -0.39 is 5.97 Å². The molecule has 0 fully saturated rings. The van der Waals surface area contributed by atoms with Crippen molar-refractivity contribution in [3.63, 3.8) is 0 Å². The Morgan fingerprint density at radius 1 is 1.15 bits per heavy atom. The van der Waals surface area contributed by atoms with Gasteiger partial charge in [-0.15, -0.1) is 0 Å². The van der Waals surface area contributed by atoms with E-state index in [1.165, 1.54) is 38.5 Å². The lowest BCUT2D eigenvalue weighted by atomic mass is 9.99. The van der Waals surface area contributed by atoms with Crippen LogP contribution in [0.1, 0.15) is 72.1 Å². The number of unbranched alkanes of at least 4 members (excludes halogenated alkanes) is 6. The van der Waals surface area contributed by atoms with Crippen molar-refractivity contribution in [3.05, 3.63) is 11.6 Å². The number of carbonyl (C=O) groups is 1. The quantitative estimate of drug-likeness (QED) is 0.237. The molecule has 0 saturated heterocycles. The van der Waals surface area contributed by atoms with Gasteiger partial charge in [0.2, 0.25) is 0 Å². The van der Waals surface area contributed by atoms with Gasteiger partial charge in [0.25, 0.3) is 0 Å². The van der Waals surface area contributed by atoms with Gasteiger partial charge in [0, 0.05) is 0 Å². The van der Waals surface area contributed by atoms with Gasteiger partial charge >= 0.3 is 5.97 Å². The lowest BCUT2D eigenvalue weighted by Crippen LogP contribution is -2.07. The molecule has 0 aromatic carbocycles. The first-order valence-electron chi connectivity index (χ1n) is 7.94. The Morgan fingerprint density at radius 3 is 2.30 bits per heavy atom. The Hall–Kier alpha value is -1.30. The third-order valence-corrected chi connectivity index (χ3v) is 3.33. The van der Waals surface area contributed by atoms with Crippen LogP contribution in [0.25, 0.3) is 0 Å². The molecule has 0 radical (unpaired) electrons. The molecule has 1 unspecified atom stereocenters. The van der Waals surface area contributed by atoms with Crippen molar-refractivity contribution < 1.29 is 9.53 Å². The maximum absolute atomic E-state index is 11.5. The van der Waals surface area contributed by atoms with E-state index in [-0.39, 0.29) is 11.5 Å². The molecule has 3 heteroatoms. The highest BCUT2D eigenvalue weighted by Gasteiger charge is 2.11. The van der Waals surface area contributed by atoms with Crippen LogP contribution in [0, 0.1) is 17.2 Å². The SMILES string of the molecule is CCCCCCCCCC(C)/C=C(/C#N)C(=O)OCC. The second-order valence-electron chi connectivity index (χ2n) is 5.30. The lowest BCUT2D eigenvalue weighted by molar-refractivity contribution is -0.138. The molecule has 0 bridgehead atoms. The second kappa shape index (κ2) is 12.7. The molecule has 0 heterocycles. The summed E-state index contributed by atoms with van der Waals surface area (Å²) in [6.45, 7) is 6.33. The Labute approximate surface area is 124 Å². The molecule has 0 rings (SSSR count). The summed E-state index contributed by atoms with van der Waals surface area (Å²) >= 11 is 0. The molecule has 0 aliphatic rings. The highest BCUT2D eigenvalue weighted by molar-refractivity contribution is 5.92. The normalized spacial score (nSPS) is 12.8. The number of nitrogens with zero attached hydrogens (tertiary/aromatic N) is 1. The summed E-state index contributed by atoms with van der Waals surface area (Å²) < 4.78 is 4.85. The monoisotopic (exact) mass is 279 g/mol. The summed E-state index contributed by atoms with van der Waals surface area (Å²) in [6, 6.07) is 1.93. The van der Waals surface area contributed by atoms with Gasteiger partial charge in [-0.3, -0.25) is 0 Å². The van der Waals surface area contributed by atoms with E-state index in [0.717, 1.165) is 12.8 Å². The third kappa shape index (κ3) is 9.61. The maximum Gasteiger partial charge on any atom is 0.348 e. The van der Waals surface area contributed by atoms with Crippen LogP contribution < -0.4 is 0 Å². The topological polar surface area (TPSA) is 50.1 Å². The van der Waals surface area contributed by atoms with Gasteiger partial charge in [0.05, 0.1) is 6.61 Å². The van der Waals surface area contributed by atoms with Gasteiger partial charge in [-0.1, -0.05) is 64.9 Å². The smallest absolute Gasteiger partial charge is 0.348 e. The molecule has 1 atom stereocenters. The fourth-order valence-corrected chi connectivity index (χ4v) is 2.15. The molecule has 0 aliphatic carbocycles. The maximum atomic E-state index is 11.5. The highest BCUT2D eigenvalue weighted by atomic mass is 16.5. The zero-order chi connectivity index (χ0) is 15.2. The van der Waals surface area contributed by atoms with Crippen LogP contribution in [0.3, 0.4) is 0 Å². The minimum Gasteiger partial charge on any atom is -0.462 e. The summed E-state index contributed by atoms with van der Waals surface area (Å²) in [4.78, 5) is 11.5. The summed E-state index contributed by atoms with van der Waals surface area (Å²) in [5.41, 5.74) is 0.141. The molecule has 114 valence electrons. The third-order valence-electron chi connectivity index (χ3n) is 3.33. The first-order valence-corrected chi connectivity index (χ1v) is 7.94. The molecule has 3 nitrogen and oxygen atoms in total. The summed E-state index contributed by atoms with van der Waals surface area (Å²) in [7, 11) is 0. The van der Waals surface area contributed by atoms with Crippen molar-refractivity contribution in [3.8, 4) is 6.07 Å². The minimum atomic E-state index is -0.499. The zero-order valence-electron chi connectivity index (χ0n) is 13.3. The number of ether oxygens (including phenoxy) is 1. The van der Waals surface area contributed by atoms with E-state index in [2.05, 4.69) is 6.92 Å². The molecule has 0 aromatic rings. The average Bonchev–Trinajstić information content (AvgIpc) is 2.44. The van der Waals surface area contributed by atoms with E-state index in [1.54, 1.807) is 13.0 Å². The molecular formula is C17H29NO2. The first kappa shape index (κ1) is 18.7. The summed E-state index contributed by atoms with van der Waals surface area (Å²) in [5, 5.41) is 8.94. The molecule has 0 N–H and O–H groups in total. The van der Waals surface area contributed by atoms with Crippen molar-refractivity contribution in [2.45, 2.75) is 72.1 Å². The second-order valence-corrected chi connectivity index (χ2v) is 5.30. The number of rotatable bonds is 11. The number of carbonyl (C=O) groups excluding carboxylic acids is 1. The van der Waals surface area contributed by atoms with Crippen LogP contribution in [-0.2, 0) is 9.53 Å². The van der Waals surface area contributed by atoms with Crippen LogP contribution in [0.15, 0.2) is 11.6 Å². The van der Waals surface area contributed by atoms with Crippen molar-refractivity contribution >= 4 is 5.97 Å². The Bertz CT molecular complexity index is 328. The van der Waals surface area contributed by atoms with Gasteiger partial charge in [-0.05, 0) is 19.3 Å². The molecule has 0 aromatic heterocycles. The Balaban J connectivity index is 3.87. The van der Waals surface area contributed by atoms with Crippen molar-refractivity contribution in [1.82, 2.24) is 0 Å². The molecule has 0 aliphatic heterocycles. The van der Waals surface area contributed by atoms with Crippen LogP contribution in [0.4, 0.5) is 0 Å². The Kier molecular flexibility index (Phi) is 11.9. The molecule has 0 spiro atoms. The van der Waals surface area contributed by atoms with E-state index in [1.807, 2.05) is 13.0 Å². The van der Waals surface area contributed by atoms with Crippen LogP contribution >= 0.6 is 0 Å². The lowest BCUT2D eigenvalue weighted by Gasteiger charge is -2.07. The van der Waals surface area contributed by atoms with E-state index in [4.69, 9.17) is 10.00 Å². The van der Waals surface area contributed by atoms with Gasteiger partial charge in [-0.2, -0.15) is 5.26 Å². The zero-order valence-corrected chi connectivity index (χ0v) is 13.3. The van der Waals surface area contributed by atoms with Gasteiger partial charge in [0.1, 0.15) is 11.6 Å². The number of hydrogen-bond acceptors (Lipinski definition) is 3. The summed E-state index contributed by atoms with van der Waals surface area (Å²) in [6.07, 6.45) is 11.7. The van der Waals surface area contributed by atoms with Gasteiger partial charge in [0.15, 0.2) is 0 Å². The first-order chi connectivity index (χ1) is 9.65. The number of nitriles is 1. The van der Waals surface area contributed by atoms with E-state index in [9.17, 15) is 4.79 Å². The molecule has 20 heavy (non-hydrogen) atoms. The average molecular weight is 279 g/mol.